The second-order valence-corrected chi connectivity index (χ2v) is 6.10. The van der Waals surface area contributed by atoms with Crippen LogP contribution in [0.4, 0.5) is 0 Å². The minimum absolute atomic E-state index is 1.14. The van der Waals surface area contributed by atoms with Gasteiger partial charge >= 0.3 is 0 Å². The molecule has 0 radical (unpaired) electrons. The van der Waals surface area contributed by atoms with Gasteiger partial charge in [-0.2, -0.15) is 0 Å². The zero-order chi connectivity index (χ0) is 15.4. The first kappa shape index (κ1) is 14.8. The van der Waals surface area contributed by atoms with E-state index in [1.54, 1.807) is 0 Å². The normalized spacial score (nSPS) is 11.0. The lowest BCUT2D eigenvalue weighted by Gasteiger charge is -2.12. The van der Waals surface area contributed by atoms with E-state index in [4.69, 9.17) is 0 Å². The highest BCUT2D eigenvalue weighted by atomic mass is 79.9. The Balaban J connectivity index is 2.09. The number of hydrogen-bond donors (Lipinski definition) is 0. The van der Waals surface area contributed by atoms with Crippen LogP contribution in [-0.4, -0.2) is 0 Å². The SMILES string of the molecule is Cc1c(Br)ccc(/C=C/c2ccccc2)c1-c1ccccc1. The standard InChI is InChI=1S/C21H17Br/c1-16-20(22)15-14-19(13-12-17-8-4-2-5-9-17)21(16)18-10-6-3-7-11-18/h2-15H,1H3/b13-12+. The van der Waals surface area contributed by atoms with Crippen LogP contribution in [-0.2, 0) is 0 Å². The fraction of sp³-hybridized carbons (Fsp3) is 0.0476. The first-order chi connectivity index (χ1) is 10.8. The molecule has 0 aliphatic carbocycles. The lowest BCUT2D eigenvalue weighted by molar-refractivity contribution is 1.41. The van der Waals surface area contributed by atoms with Crippen molar-refractivity contribution in [3.8, 4) is 11.1 Å². The van der Waals surface area contributed by atoms with Crippen LogP contribution in [0.2, 0.25) is 0 Å². The van der Waals surface area contributed by atoms with Crippen molar-refractivity contribution >= 4 is 28.1 Å². The van der Waals surface area contributed by atoms with Crippen LogP contribution in [0.15, 0.2) is 77.3 Å². The fourth-order valence-electron chi connectivity index (χ4n) is 2.58. The predicted molar refractivity (Wildman–Crippen MR) is 99.7 cm³/mol. The molecule has 0 aliphatic rings. The summed E-state index contributed by atoms with van der Waals surface area (Å²) in [5.41, 5.74) is 6.23. The molecule has 0 saturated carbocycles. The minimum atomic E-state index is 1.14. The topological polar surface area (TPSA) is 0 Å². The maximum atomic E-state index is 3.65. The van der Waals surface area contributed by atoms with E-state index in [1.165, 1.54) is 27.8 Å². The predicted octanol–water partition coefficient (Wildman–Crippen LogP) is 6.59. The van der Waals surface area contributed by atoms with Gasteiger partial charge in [0.1, 0.15) is 0 Å². The van der Waals surface area contributed by atoms with Crippen molar-refractivity contribution in [3.63, 3.8) is 0 Å². The highest BCUT2D eigenvalue weighted by Gasteiger charge is 2.09. The molecule has 3 aromatic carbocycles. The zero-order valence-electron chi connectivity index (χ0n) is 12.5. The molecule has 108 valence electrons. The smallest absolute Gasteiger partial charge is 0.0211 e. The van der Waals surface area contributed by atoms with Crippen molar-refractivity contribution in [1.82, 2.24) is 0 Å². The quantitative estimate of drug-likeness (QED) is 0.468. The van der Waals surface area contributed by atoms with Crippen molar-refractivity contribution < 1.29 is 0 Å². The average molecular weight is 349 g/mol. The molecule has 3 aromatic rings. The van der Waals surface area contributed by atoms with Gasteiger partial charge in [0.25, 0.3) is 0 Å². The van der Waals surface area contributed by atoms with E-state index in [0.29, 0.717) is 0 Å². The van der Waals surface area contributed by atoms with E-state index in [2.05, 4.69) is 102 Å². The summed E-state index contributed by atoms with van der Waals surface area (Å²) in [7, 11) is 0. The summed E-state index contributed by atoms with van der Waals surface area (Å²) >= 11 is 3.65. The maximum Gasteiger partial charge on any atom is 0.0211 e. The van der Waals surface area contributed by atoms with Crippen LogP contribution < -0.4 is 0 Å². The third-order valence-electron chi connectivity index (χ3n) is 3.75. The molecule has 0 spiro atoms. The number of halogens is 1. The van der Waals surface area contributed by atoms with Gasteiger partial charge in [-0.1, -0.05) is 94.8 Å². The molecule has 0 amide bonds. The Morgan fingerprint density at radius 1 is 0.727 bits per heavy atom. The van der Waals surface area contributed by atoms with Gasteiger partial charge in [0.2, 0.25) is 0 Å². The summed E-state index contributed by atoms with van der Waals surface area (Å²) < 4.78 is 1.14. The van der Waals surface area contributed by atoms with Gasteiger partial charge in [0.15, 0.2) is 0 Å². The van der Waals surface area contributed by atoms with Gasteiger partial charge in [0.05, 0.1) is 0 Å². The molecule has 0 atom stereocenters. The fourth-order valence-corrected chi connectivity index (χ4v) is 2.91. The monoisotopic (exact) mass is 348 g/mol. The minimum Gasteiger partial charge on any atom is -0.0622 e. The maximum absolute atomic E-state index is 3.65. The Morgan fingerprint density at radius 2 is 1.36 bits per heavy atom. The molecule has 0 bridgehead atoms. The van der Waals surface area contributed by atoms with E-state index in [9.17, 15) is 0 Å². The van der Waals surface area contributed by atoms with Crippen LogP contribution in [0.3, 0.4) is 0 Å². The van der Waals surface area contributed by atoms with Gasteiger partial charge in [-0.25, -0.2) is 0 Å². The molecule has 0 saturated heterocycles. The lowest BCUT2D eigenvalue weighted by atomic mass is 9.94. The second-order valence-electron chi connectivity index (χ2n) is 5.25. The summed E-state index contributed by atoms with van der Waals surface area (Å²) in [6.45, 7) is 2.16. The first-order valence-corrected chi connectivity index (χ1v) is 8.12. The highest BCUT2D eigenvalue weighted by Crippen LogP contribution is 2.33. The Morgan fingerprint density at radius 3 is 2.05 bits per heavy atom. The van der Waals surface area contributed by atoms with Crippen molar-refractivity contribution in [1.29, 1.82) is 0 Å². The molecule has 0 aromatic heterocycles. The third-order valence-corrected chi connectivity index (χ3v) is 4.61. The van der Waals surface area contributed by atoms with Crippen LogP contribution in [0.5, 0.6) is 0 Å². The van der Waals surface area contributed by atoms with Crippen LogP contribution in [0.25, 0.3) is 23.3 Å². The van der Waals surface area contributed by atoms with E-state index in [0.717, 1.165) is 4.47 Å². The largest absolute Gasteiger partial charge is 0.0622 e. The Kier molecular flexibility index (Phi) is 4.55. The average Bonchev–Trinajstić information content (AvgIpc) is 2.57. The van der Waals surface area contributed by atoms with Crippen LogP contribution >= 0.6 is 15.9 Å². The summed E-state index contributed by atoms with van der Waals surface area (Å²) in [5.74, 6) is 0. The van der Waals surface area contributed by atoms with Crippen molar-refractivity contribution in [2.45, 2.75) is 6.92 Å². The summed E-state index contributed by atoms with van der Waals surface area (Å²) in [5, 5.41) is 0. The van der Waals surface area contributed by atoms with Gasteiger partial charge < -0.3 is 0 Å². The van der Waals surface area contributed by atoms with E-state index < -0.39 is 0 Å². The first-order valence-electron chi connectivity index (χ1n) is 7.33. The molecule has 0 unspecified atom stereocenters. The zero-order valence-corrected chi connectivity index (χ0v) is 14.0. The molecule has 22 heavy (non-hydrogen) atoms. The highest BCUT2D eigenvalue weighted by molar-refractivity contribution is 9.10. The van der Waals surface area contributed by atoms with Gasteiger partial charge in [-0.3, -0.25) is 0 Å². The van der Waals surface area contributed by atoms with E-state index >= 15 is 0 Å². The van der Waals surface area contributed by atoms with E-state index in [-0.39, 0.29) is 0 Å². The van der Waals surface area contributed by atoms with Gasteiger partial charge in [0, 0.05) is 4.47 Å². The van der Waals surface area contributed by atoms with Crippen LogP contribution in [0.1, 0.15) is 16.7 Å². The number of benzene rings is 3. The second kappa shape index (κ2) is 6.76. The van der Waals surface area contributed by atoms with Crippen LogP contribution in [0, 0.1) is 6.92 Å². The molecule has 0 heterocycles. The summed E-state index contributed by atoms with van der Waals surface area (Å²) in [6, 6.07) is 25.2. The van der Waals surface area contributed by atoms with Crippen molar-refractivity contribution in [2.75, 3.05) is 0 Å². The Hall–Kier alpha value is -2.12. The van der Waals surface area contributed by atoms with Crippen molar-refractivity contribution in [3.05, 3.63) is 94.0 Å². The number of rotatable bonds is 3. The third kappa shape index (κ3) is 3.20. The Labute approximate surface area is 140 Å². The molecular weight excluding hydrogens is 332 g/mol. The summed E-state index contributed by atoms with van der Waals surface area (Å²) in [4.78, 5) is 0. The Bertz CT molecular complexity index is 787. The number of hydrogen-bond acceptors (Lipinski definition) is 0. The van der Waals surface area contributed by atoms with Crippen molar-refractivity contribution in [2.24, 2.45) is 0 Å². The molecular formula is C21H17Br. The summed E-state index contributed by atoms with van der Waals surface area (Å²) in [6.07, 6.45) is 4.35. The molecule has 3 rings (SSSR count). The molecule has 0 nitrogen and oxygen atoms in total. The molecule has 0 N–H and O–H groups in total. The van der Waals surface area contributed by atoms with E-state index in [1.807, 2.05) is 6.07 Å². The molecule has 0 aliphatic heterocycles. The molecule has 0 fully saturated rings. The van der Waals surface area contributed by atoms with Gasteiger partial charge in [-0.05, 0) is 40.8 Å². The van der Waals surface area contributed by atoms with Gasteiger partial charge in [-0.15, -0.1) is 0 Å². The molecule has 1 heteroatoms. The lowest BCUT2D eigenvalue weighted by Crippen LogP contribution is -1.89.